The number of hydrogen-bond donors (Lipinski definition) is 3. The maximum atomic E-state index is 9.16. The lowest BCUT2D eigenvalue weighted by atomic mass is 9.90. The number of nitrogens with zero attached hydrogens (tertiary/aromatic N) is 3. The first-order valence-corrected chi connectivity index (χ1v) is 8.24. The summed E-state index contributed by atoms with van der Waals surface area (Å²) in [6, 6.07) is 8.66. The predicted molar refractivity (Wildman–Crippen MR) is 86.4 cm³/mol. The summed E-state index contributed by atoms with van der Waals surface area (Å²) in [4.78, 5) is 0. The van der Waals surface area contributed by atoms with Crippen LogP contribution in [0.25, 0.3) is 0 Å². The zero-order valence-electron chi connectivity index (χ0n) is 13.2. The first kappa shape index (κ1) is 16.1. The molecule has 1 aliphatic rings. The Morgan fingerprint density at radius 2 is 1.78 bits per heavy atom. The van der Waals surface area contributed by atoms with Crippen molar-refractivity contribution in [3.63, 3.8) is 0 Å². The lowest BCUT2D eigenvalue weighted by Crippen LogP contribution is -2.39. The van der Waals surface area contributed by atoms with Gasteiger partial charge in [-0.05, 0) is 24.0 Å². The van der Waals surface area contributed by atoms with Gasteiger partial charge in [0.1, 0.15) is 5.69 Å². The van der Waals surface area contributed by atoms with Crippen molar-refractivity contribution in [2.75, 3.05) is 0 Å². The molecule has 6 heteroatoms. The summed E-state index contributed by atoms with van der Waals surface area (Å²) >= 11 is 0. The molecule has 2 aromatic rings. The number of aliphatic hydroxyl groups is 2. The average Bonchev–Trinajstić information content (AvgIpc) is 3.09. The summed E-state index contributed by atoms with van der Waals surface area (Å²) in [6.07, 6.45) is 6.46. The molecule has 2 atom stereocenters. The van der Waals surface area contributed by atoms with E-state index >= 15 is 0 Å². The molecule has 0 aliphatic heterocycles. The van der Waals surface area contributed by atoms with E-state index in [1.807, 2.05) is 23.0 Å². The largest absolute Gasteiger partial charge is 0.392 e. The van der Waals surface area contributed by atoms with Crippen LogP contribution in [0.4, 0.5) is 0 Å². The molecule has 3 rings (SSSR count). The fraction of sp³-hybridized carbons (Fsp3) is 0.529. The number of aliphatic hydroxyl groups excluding tert-OH is 2. The lowest BCUT2D eigenvalue weighted by Gasteiger charge is -2.32. The Kier molecular flexibility index (Phi) is 5.38. The summed E-state index contributed by atoms with van der Waals surface area (Å²) in [5.74, 6) is 0. The first-order chi connectivity index (χ1) is 11.3. The highest BCUT2D eigenvalue weighted by Gasteiger charge is 2.27. The highest BCUT2D eigenvalue weighted by atomic mass is 16.3. The Hall–Kier alpha value is -1.76. The van der Waals surface area contributed by atoms with E-state index < -0.39 is 0 Å². The molecule has 0 spiro atoms. The van der Waals surface area contributed by atoms with E-state index in [0.717, 1.165) is 24.9 Å². The Balaban J connectivity index is 1.63. The maximum Gasteiger partial charge on any atom is 0.108 e. The molecular weight excluding hydrogens is 292 g/mol. The van der Waals surface area contributed by atoms with Crippen molar-refractivity contribution >= 4 is 0 Å². The molecule has 1 aromatic carbocycles. The summed E-state index contributed by atoms with van der Waals surface area (Å²) in [5.41, 5.74) is 2.76. The minimum absolute atomic E-state index is 0.0674. The van der Waals surface area contributed by atoms with E-state index in [0.29, 0.717) is 11.7 Å². The summed E-state index contributed by atoms with van der Waals surface area (Å²) in [5, 5.41) is 30.1. The molecule has 1 heterocycles. The first-order valence-electron chi connectivity index (χ1n) is 8.24. The standard InChI is InChI=1S/C17H24N4O2/c22-11-14-7-5-13(6-8-14)9-18-16-3-1-2-4-17(16)21-10-15(12-23)19-20-21/h5-8,10,16-18,22-23H,1-4,9,11-12H2/t16-,17+/m0/s1. The molecule has 1 aromatic heterocycles. The van der Waals surface area contributed by atoms with Gasteiger partial charge in [-0.15, -0.1) is 5.10 Å². The molecule has 124 valence electrons. The molecule has 0 saturated heterocycles. The SMILES string of the molecule is OCc1ccc(CN[C@H]2CCCC[C@H]2n2cc(CO)nn2)cc1. The van der Waals surface area contributed by atoms with Gasteiger partial charge in [-0.25, -0.2) is 4.68 Å². The molecule has 0 unspecified atom stereocenters. The van der Waals surface area contributed by atoms with Crippen molar-refractivity contribution in [2.45, 2.75) is 57.5 Å². The molecule has 3 N–H and O–H groups in total. The van der Waals surface area contributed by atoms with Gasteiger partial charge in [0, 0.05) is 12.6 Å². The molecule has 0 radical (unpaired) electrons. The van der Waals surface area contributed by atoms with Gasteiger partial charge >= 0.3 is 0 Å². The number of hydrogen-bond acceptors (Lipinski definition) is 5. The van der Waals surface area contributed by atoms with Gasteiger partial charge in [0.05, 0.1) is 25.5 Å². The van der Waals surface area contributed by atoms with Crippen molar-refractivity contribution in [1.29, 1.82) is 0 Å². The number of benzene rings is 1. The van der Waals surface area contributed by atoms with Crippen molar-refractivity contribution in [2.24, 2.45) is 0 Å². The van der Waals surface area contributed by atoms with Crippen LogP contribution in [0.1, 0.15) is 48.5 Å². The fourth-order valence-electron chi connectivity index (χ4n) is 3.23. The fourth-order valence-corrected chi connectivity index (χ4v) is 3.23. The second-order valence-corrected chi connectivity index (χ2v) is 6.16. The second-order valence-electron chi connectivity index (χ2n) is 6.16. The number of aromatic nitrogens is 3. The van der Waals surface area contributed by atoms with E-state index in [1.54, 1.807) is 0 Å². The minimum atomic E-state index is -0.0674. The maximum absolute atomic E-state index is 9.16. The van der Waals surface area contributed by atoms with Crippen LogP contribution >= 0.6 is 0 Å². The second kappa shape index (κ2) is 7.68. The van der Waals surface area contributed by atoms with Gasteiger partial charge in [-0.1, -0.05) is 42.3 Å². The summed E-state index contributed by atoms with van der Waals surface area (Å²) < 4.78 is 1.90. The highest BCUT2D eigenvalue weighted by molar-refractivity contribution is 5.21. The molecule has 1 aliphatic carbocycles. The van der Waals surface area contributed by atoms with Gasteiger partial charge in [0.2, 0.25) is 0 Å². The summed E-state index contributed by atoms with van der Waals surface area (Å²) in [6.45, 7) is 0.814. The third-order valence-corrected chi connectivity index (χ3v) is 4.56. The number of rotatable bonds is 6. The van der Waals surface area contributed by atoms with Crippen LogP contribution in [0.3, 0.4) is 0 Å². The zero-order chi connectivity index (χ0) is 16.1. The smallest absolute Gasteiger partial charge is 0.108 e. The van der Waals surface area contributed by atoms with Crippen molar-refractivity contribution in [3.05, 3.63) is 47.3 Å². The van der Waals surface area contributed by atoms with E-state index in [9.17, 15) is 0 Å². The van der Waals surface area contributed by atoms with Crippen molar-refractivity contribution in [1.82, 2.24) is 20.3 Å². The van der Waals surface area contributed by atoms with Gasteiger partial charge < -0.3 is 15.5 Å². The van der Waals surface area contributed by atoms with Crippen LogP contribution in [0, 0.1) is 0 Å². The van der Waals surface area contributed by atoms with Crippen LogP contribution in [0.15, 0.2) is 30.5 Å². The van der Waals surface area contributed by atoms with Gasteiger partial charge in [-0.3, -0.25) is 0 Å². The molecular formula is C17H24N4O2. The summed E-state index contributed by atoms with van der Waals surface area (Å²) in [7, 11) is 0. The Morgan fingerprint density at radius 3 is 2.48 bits per heavy atom. The van der Waals surface area contributed by atoms with Crippen LogP contribution in [0.2, 0.25) is 0 Å². The lowest BCUT2D eigenvalue weighted by molar-refractivity contribution is 0.242. The molecule has 23 heavy (non-hydrogen) atoms. The van der Waals surface area contributed by atoms with E-state index in [1.165, 1.54) is 18.4 Å². The Morgan fingerprint density at radius 1 is 1.04 bits per heavy atom. The van der Waals surface area contributed by atoms with Crippen LogP contribution in [-0.4, -0.2) is 31.2 Å². The Bertz CT molecular complexity index is 611. The minimum Gasteiger partial charge on any atom is -0.392 e. The molecule has 0 amide bonds. The predicted octanol–water partition coefficient (Wildman–Crippen LogP) is 1.54. The van der Waals surface area contributed by atoms with Crippen molar-refractivity contribution in [3.8, 4) is 0 Å². The van der Waals surface area contributed by atoms with Gasteiger partial charge in [0.15, 0.2) is 0 Å². The zero-order valence-corrected chi connectivity index (χ0v) is 13.2. The highest BCUT2D eigenvalue weighted by Crippen LogP contribution is 2.28. The van der Waals surface area contributed by atoms with Crippen LogP contribution in [0.5, 0.6) is 0 Å². The van der Waals surface area contributed by atoms with E-state index in [-0.39, 0.29) is 19.3 Å². The average molecular weight is 316 g/mol. The monoisotopic (exact) mass is 316 g/mol. The van der Waals surface area contributed by atoms with Crippen LogP contribution < -0.4 is 5.32 Å². The van der Waals surface area contributed by atoms with Gasteiger partial charge in [0.25, 0.3) is 0 Å². The van der Waals surface area contributed by atoms with Gasteiger partial charge in [-0.2, -0.15) is 0 Å². The molecule has 1 saturated carbocycles. The topological polar surface area (TPSA) is 83.2 Å². The quantitative estimate of drug-likeness (QED) is 0.753. The number of nitrogens with one attached hydrogen (secondary N) is 1. The van der Waals surface area contributed by atoms with Crippen molar-refractivity contribution < 1.29 is 10.2 Å². The van der Waals surface area contributed by atoms with E-state index in [2.05, 4.69) is 27.8 Å². The molecule has 1 fully saturated rings. The van der Waals surface area contributed by atoms with E-state index in [4.69, 9.17) is 10.2 Å². The third kappa shape index (κ3) is 3.96. The third-order valence-electron chi connectivity index (χ3n) is 4.56. The Labute approximate surface area is 136 Å². The molecule has 0 bridgehead atoms. The normalized spacial score (nSPS) is 21.5. The molecule has 6 nitrogen and oxygen atoms in total. The van der Waals surface area contributed by atoms with Crippen LogP contribution in [-0.2, 0) is 19.8 Å².